The van der Waals surface area contributed by atoms with Gasteiger partial charge in [0, 0.05) is 17.5 Å². The highest BCUT2D eigenvalue weighted by Crippen LogP contribution is 2.28. The number of aryl methyl sites for hydroxylation is 1. The maximum absolute atomic E-state index is 10.9. The number of rotatable bonds is 2. The van der Waals surface area contributed by atoms with E-state index in [4.69, 9.17) is 9.52 Å². The zero-order chi connectivity index (χ0) is 11.9. The highest BCUT2D eigenvalue weighted by molar-refractivity contribution is 6.04. The van der Waals surface area contributed by atoms with Gasteiger partial charge in [-0.15, -0.1) is 0 Å². The van der Waals surface area contributed by atoms with Crippen LogP contribution in [0.25, 0.3) is 11.0 Å². The van der Waals surface area contributed by atoms with Gasteiger partial charge in [-0.3, -0.25) is 10.1 Å². The number of carbonyl (C=O) groups is 1. The van der Waals surface area contributed by atoms with Crippen LogP contribution in [0.5, 0.6) is 0 Å². The van der Waals surface area contributed by atoms with Gasteiger partial charge in [0.15, 0.2) is 0 Å². The Morgan fingerprint density at radius 3 is 2.75 bits per heavy atom. The van der Waals surface area contributed by atoms with Crippen molar-refractivity contribution >= 4 is 22.6 Å². The quantitative estimate of drug-likeness (QED) is 0.620. The Morgan fingerprint density at radius 1 is 1.50 bits per heavy atom. The molecule has 0 aliphatic rings. The van der Waals surface area contributed by atoms with E-state index in [9.17, 15) is 14.9 Å². The molecule has 6 nitrogen and oxygen atoms in total. The molecule has 0 saturated carbocycles. The largest absolute Gasteiger partial charge is 0.478 e. The van der Waals surface area contributed by atoms with Crippen LogP contribution in [0.4, 0.5) is 5.69 Å². The summed E-state index contributed by atoms with van der Waals surface area (Å²) >= 11 is 0. The zero-order valence-electron chi connectivity index (χ0n) is 8.26. The topological polar surface area (TPSA) is 93.6 Å². The van der Waals surface area contributed by atoms with Crippen molar-refractivity contribution in [3.05, 3.63) is 39.6 Å². The summed E-state index contributed by atoms with van der Waals surface area (Å²) < 4.78 is 5.19. The molecule has 2 rings (SSSR count). The molecular formula is C10H7NO5. The fourth-order valence-corrected chi connectivity index (χ4v) is 1.59. The third-order valence-electron chi connectivity index (χ3n) is 2.27. The van der Waals surface area contributed by atoms with Crippen molar-refractivity contribution in [2.24, 2.45) is 0 Å². The number of nitro benzene ring substituents is 1. The molecule has 0 bridgehead atoms. The molecule has 6 heteroatoms. The summed E-state index contributed by atoms with van der Waals surface area (Å²) in [5, 5.41) is 19.8. The van der Waals surface area contributed by atoms with Crippen LogP contribution < -0.4 is 0 Å². The van der Waals surface area contributed by atoms with Gasteiger partial charge in [-0.1, -0.05) is 0 Å². The molecule has 0 saturated heterocycles. The van der Waals surface area contributed by atoms with Crippen molar-refractivity contribution in [1.29, 1.82) is 0 Å². The van der Waals surface area contributed by atoms with E-state index in [1.165, 1.54) is 25.1 Å². The Labute approximate surface area is 89.2 Å². The van der Waals surface area contributed by atoms with Crippen LogP contribution >= 0.6 is 0 Å². The second-order valence-electron chi connectivity index (χ2n) is 3.28. The minimum absolute atomic E-state index is 0.0290. The van der Waals surface area contributed by atoms with Crippen LogP contribution in [0, 0.1) is 17.0 Å². The fourth-order valence-electron chi connectivity index (χ4n) is 1.59. The van der Waals surface area contributed by atoms with Crippen molar-refractivity contribution in [3.63, 3.8) is 0 Å². The van der Waals surface area contributed by atoms with Gasteiger partial charge >= 0.3 is 5.97 Å². The van der Waals surface area contributed by atoms with E-state index >= 15 is 0 Å². The van der Waals surface area contributed by atoms with Crippen molar-refractivity contribution < 1.29 is 19.2 Å². The van der Waals surface area contributed by atoms with E-state index in [1.807, 2.05) is 0 Å². The van der Waals surface area contributed by atoms with Crippen molar-refractivity contribution in [1.82, 2.24) is 0 Å². The SMILES string of the molecule is Cc1oc2ccc([N+](=O)[O-])cc2c1C(=O)O. The molecule has 0 radical (unpaired) electrons. The third-order valence-corrected chi connectivity index (χ3v) is 2.27. The lowest BCUT2D eigenvalue weighted by molar-refractivity contribution is -0.384. The summed E-state index contributed by atoms with van der Waals surface area (Å²) in [6, 6.07) is 3.87. The maximum Gasteiger partial charge on any atom is 0.339 e. The molecular weight excluding hydrogens is 214 g/mol. The monoisotopic (exact) mass is 221 g/mol. The first kappa shape index (κ1) is 10.2. The molecule has 82 valence electrons. The van der Waals surface area contributed by atoms with Crippen LogP contribution in [-0.4, -0.2) is 16.0 Å². The molecule has 0 aliphatic heterocycles. The van der Waals surface area contributed by atoms with Crippen LogP contribution in [0.1, 0.15) is 16.1 Å². The summed E-state index contributed by atoms with van der Waals surface area (Å²) in [7, 11) is 0. The molecule has 0 atom stereocenters. The van der Waals surface area contributed by atoms with Gasteiger partial charge in [0.05, 0.1) is 4.92 Å². The first-order valence-corrected chi connectivity index (χ1v) is 4.41. The molecule has 0 unspecified atom stereocenters. The molecule has 1 aromatic carbocycles. The number of nitro groups is 1. The second-order valence-corrected chi connectivity index (χ2v) is 3.28. The molecule has 0 amide bonds. The summed E-state index contributed by atoms with van der Waals surface area (Å²) in [5.74, 6) is -0.917. The van der Waals surface area contributed by atoms with Gasteiger partial charge in [0.2, 0.25) is 0 Å². The summed E-state index contributed by atoms with van der Waals surface area (Å²) in [4.78, 5) is 20.9. The predicted molar refractivity (Wildman–Crippen MR) is 54.6 cm³/mol. The van der Waals surface area contributed by atoms with Crippen LogP contribution in [-0.2, 0) is 0 Å². The smallest absolute Gasteiger partial charge is 0.339 e. The number of hydrogen-bond acceptors (Lipinski definition) is 4. The van der Waals surface area contributed by atoms with E-state index in [2.05, 4.69) is 0 Å². The average molecular weight is 221 g/mol. The fraction of sp³-hybridized carbons (Fsp3) is 0.100. The minimum atomic E-state index is -1.16. The second kappa shape index (κ2) is 3.34. The standard InChI is InChI=1S/C10H7NO5/c1-5-9(10(12)13)7-4-6(11(14)15)2-3-8(7)16-5/h2-4H,1H3,(H,12,13). The van der Waals surface area contributed by atoms with Crippen molar-refractivity contribution in [2.75, 3.05) is 0 Å². The Bertz CT molecular complexity index is 599. The Balaban J connectivity index is 2.79. The summed E-state index contributed by atoms with van der Waals surface area (Å²) in [6.07, 6.45) is 0. The van der Waals surface area contributed by atoms with Gasteiger partial charge in [0.1, 0.15) is 16.9 Å². The number of aromatic carboxylic acids is 1. The molecule has 1 aromatic heterocycles. The van der Waals surface area contributed by atoms with E-state index in [0.29, 0.717) is 5.58 Å². The first-order valence-electron chi connectivity index (χ1n) is 4.41. The van der Waals surface area contributed by atoms with Crippen molar-refractivity contribution in [2.45, 2.75) is 6.92 Å². The number of benzene rings is 1. The number of hydrogen-bond donors (Lipinski definition) is 1. The Morgan fingerprint density at radius 2 is 2.19 bits per heavy atom. The zero-order valence-corrected chi connectivity index (χ0v) is 8.26. The molecule has 1 heterocycles. The van der Waals surface area contributed by atoms with E-state index in [1.54, 1.807) is 0 Å². The van der Waals surface area contributed by atoms with Gasteiger partial charge < -0.3 is 9.52 Å². The first-order chi connectivity index (χ1) is 7.50. The molecule has 0 spiro atoms. The van der Waals surface area contributed by atoms with Crippen molar-refractivity contribution in [3.8, 4) is 0 Å². The molecule has 0 fully saturated rings. The molecule has 2 aromatic rings. The molecule has 1 N–H and O–H groups in total. The van der Waals surface area contributed by atoms with Crippen LogP contribution in [0.3, 0.4) is 0 Å². The van der Waals surface area contributed by atoms with Gasteiger partial charge in [-0.2, -0.15) is 0 Å². The normalized spacial score (nSPS) is 10.6. The lowest BCUT2D eigenvalue weighted by atomic mass is 10.1. The highest BCUT2D eigenvalue weighted by Gasteiger charge is 2.19. The number of non-ortho nitro benzene ring substituents is 1. The Kier molecular flexibility index (Phi) is 2.12. The number of carboxylic acid groups (broad SMARTS) is 1. The van der Waals surface area contributed by atoms with E-state index in [-0.39, 0.29) is 22.4 Å². The average Bonchev–Trinajstić information content (AvgIpc) is 2.51. The summed E-state index contributed by atoms with van der Waals surface area (Å²) in [5.41, 5.74) is 0.148. The maximum atomic E-state index is 10.9. The van der Waals surface area contributed by atoms with Gasteiger partial charge in [0.25, 0.3) is 5.69 Å². The summed E-state index contributed by atoms with van der Waals surface area (Å²) in [6.45, 7) is 1.51. The van der Waals surface area contributed by atoms with E-state index in [0.717, 1.165) is 0 Å². The number of furan rings is 1. The Hall–Kier alpha value is -2.37. The lowest BCUT2D eigenvalue weighted by Crippen LogP contribution is -1.97. The molecule has 0 aliphatic carbocycles. The van der Waals surface area contributed by atoms with E-state index < -0.39 is 10.9 Å². The van der Waals surface area contributed by atoms with Gasteiger partial charge in [-0.05, 0) is 13.0 Å². The predicted octanol–water partition coefficient (Wildman–Crippen LogP) is 2.35. The number of nitrogens with zero attached hydrogens (tertiary/aromatic N) is 1. The lowest BCUT2D eigenvalue weighted by Gasteiger charge is -1.92. The van der Waals surface area contributed by atoms with Crippen LogP contribution in [0.15, 0.2) is 22.6 Å². The number of fused-ring (bicyclic) bond motifs is 1. The third kappa shape index (κ3) is 1.40. The molecule has 16 heavy (non-hydrogen) atoms. The minimum Gasteiger partial charge on any atom is -0.478 e. The van der Waals surface area contributed by atoms with Gasteiger partial charge in [-0.25, -0.2) is 4.79 Å². The highest BCUT2D eigenvalue weighted by atomic mass is 16.6. The van der Waals surface area contributed by atoms with Crippen LogP contribution in [0.2, 0.25) is 0 Å². The number of carboxylic acids is 1.